The van der Waals surface area contributed by atoms with Gasteiger partial charge in [-0.05, 0) is 0 Å². The van der Waals surface area contributed by atoms with Crippen LogP contribution in [0.4, 0.5) is 13.2 Å². The maximum absolute atomic E-state index is 12.4. The second-order valence-electron chi connectivity index (χ2n) is 3.53. The molecule has 0 aliphatic heterocycles. The molecule has 1 heterocycles. The van der Waals surface area contributed by atoms with E-state index < -0.39 is 24.5 Å². The number of pyridine rings is 1. The number of carbonyl (C=O) groups excluding carboxylic acids is 1. The maximum Gasteiger partial charge on any atom is 0.573 e. The lowest BCUT2D eigenvalue weighted by molar-refractivity contribution is -0.275. The van der Waals surface area contributed by atoms with Crippen molar-refractivity contribution in [1.82, 2.24) is 4.98 Å². The fraction of sp³-hybridized carbons (Fsp3) is 0.455. The van der Waals surface area contributed by atoms with E-state index in [2.05, 4.69) is 14.5 Å². The molecule has 0 unspecified atom stereocenters. The Balaban J connectivity index is 3.35. The summed E-state index contributed by atoms with van der Waals surface area (Å²) in [6.45, 7) is 0. The van der Waals surface area contributed by atoms with Gasteiger partial charge in [-0.3, -0.25) is 4.79 Å². The molecule has 0 fully saturated rings. The van der Waals surface area contributed by atoms with Crippen molar-refractivity contribution in [2.45, 2.75) is 18.7 Å². The van der Waals surface area contributed by atoms with E-state index in [-0.39, 0.29) is 22.9 Å². The number of hydrogen-bond donors (Lipinski definition) is 0. The topological polar surface area (TPSA) is 57.7 Å². The van der Waals surface area contributed by atoms with E-state index >= 15 is 0 Å². The maximum atomic E-state index is 12.4. The summed E-state index contributed by atoms with van der Waals surface area (Å²) in [6, 6.07) is 0. The molecule has 1 aromatic heterocycles. The molecule has 9 heteroatoms. The SMILES string of the molecule is COC(=O)Cc1c(OC)ncc(CCl)c1OC(F)(F)F. The Morgan fingerprint density at radius 1 is 1.40 bits per heavy atom. The lowest BCUT2D eigenvalue weighted by Crippen LogP contribution is -2.20. The minimum atomic E-state index is -4.93. The largest absolute Gasteiger partial charge is 0.573 e. The molecule has 0 spiro atoms. The third-order valence-corrected chi connectivity index (χ3v) is 2.55. The van der Waals surface area contributed by atoms with Crippen LogP contribution < -0.4 is 9.47 Å². The van der Waals surface area contributed by atoms with Crippen LogP contribution in [0.5, 0.6) is 11.6 Å². The normalized spacial score (nSPS) is 11.1. The van der Waals surface area contributed by atoms with Crippen LogP contribution >= 0.6 is 11.6 Å². The van der Waals surface area contributed by atoms with E-state index in [1.807, 2.05) is 0 Å². The fourth-order valence-electron chi connectivity index (χ4n) is 1.45. The summed E-state index contributed by atoms with van der Waals surface area (Å²) in [5.41, 5.74) is -0.182. The highest BCUT2D eigenvalue weighted by Crippen LogP contribution is 2.35. The van der Waals surface area contributed by atoms with Crippen LogP contribution in [0.25, 0.3) is 0 Å². The molecule has 0 saturated heterocycles. The van der Waals surface area contributed by atoms with Gasteiger partial charge in [-0.2, -0.15) is 0 Å². The lowest BCUT2D eigenvalue weighted by Gasteiger charge is -2.17. The number of aromatic nitrogens is 1. The summed E-state index contributed by atoms with van der Waals surface area (Å²) in [5.74, 6) is -1.78. The van der Waals surface area contributed by atoms with Gasteiger partial charge in [0.05, 0.1) is 32.1 Å². The molecule has 0 N–H and O–H groups in total. The minimum absolute atomic E-state index is 0.0105. The molecule has 1 aromatic rings. The van der Waals surface area contributed by atoms with E-state index in [1.165, 1.54) is 7.11 Å². The van der Waals surface area contributed by atoms with Gasteiger partial charge >= 0.3 is 12.3 Å². The first-order valence-electron chi connectivity index (χ1n) is 5.25. The zero-order chi connectivity index (χ0) is 15.3. The zero-order valence-electron chi connectivity index (χ0n) is 10.6. The molecule has 0 amide bonds. The van der Waals surface area contributed by atoms with Gasteiger partial charge < -0.3 is 14.2 Å². The van der Waals surface area contributed by atoms with Crippen molar-refractivity contribution in [3.8, 4) is 11.6 Å². The van der Waals surface area contributed by atoms with Crippen molar-refractivity contribution in [2.24, 2.45) is 0 Å². The van der Waals surface area contributed by atoms with Crippen molar-refractivity contribution in [3.05, 3.63) is 17.3 Å². The molecule has 0 radical (unpaired) electrons. The summed E-state index contributed by atoms with van der Waals surface area (Å²) in [6.07, 6.45) is -4.32. The first-order chi connectivity index (χ1) is 9.32. The van der Waals surface area contributed by atoms with E-state index in [1.54, 1.807) is 0 Å². The average Bonchev–Trinajstić information content (AvgIpc) is 2.38. The Morgan fingerprint density at radius 2 is 2.05 bits per heavy atom. The number of methoxy groups -OCH3 is 2. The molecule has 0 aliphatic carbocycles. The number of nitrogens with zero attached hydrogens (tertiary/aromatic N) is 1. The summed E-state index contributed by atoms with van der Waals surface area (Å²) >= 11 is 5.55. The van der Waals surface area contributed by atoms with Gasteiger partial charge in [-0.15, -0.1) is 24.8 Å². The number of halogens is 4. The van der Waals surface area contributed by atoms with Crippen LogP contribution in [-0.2, 0) is 21.8 Å². The Kier molecular flexibility index (Phi) is 5.43. The van der Waals surface area contributed by atoms with Gasteiger partial charge in [0.15, 0.2) is 0 Å². The van der Waals surface area contributed by atoms with Gasteiger partial charge in [0, 0.05) is 11.8 Å². The van der Waals surface area contributed by atoms with Crippen LogP contribution in [0.3, 0.4) is 0 Å². The Hall–Kier alpha value is -1.70. The van der Waals surface area contributed by atoms with Crippen LogP contribution in [0.2, 0.25) is 0 Å². The van der Waals surface area contributed by atoms with E-state index in [4.69, 9.17) is 16.3 Å². The minimum Gasteiger partial charge on any atom is -0.481 e. The van der Waals surface area contributed by atoms with Gasteiger partial charge in [-0.1, -0.05) is 0 Å². The highest BCUT2D eigenvalue weighted by molar-refractivity contribution is 6.17. The molecule has 112 valence electrons. The number of carbonyl (C=O) groups is 1. The van der Waals surface area contributed by atoms with Crippen molar-refractivity contribution in [3.63, 3.8) is 0 Å². The van der Waals surface area contributed by atoms with Gasteiger partial charge in [0.2, 0.25) is 5.88 Å². The molecule has 0 saturated carbocycles. The molecule has 0 bridgehead atoms. The molecular weight excluding hydrogens is 303 g/mol. The van der Waals surface area contributed by atoms with Gasteiger partial charge in [0.25, 0.3) is 0 Å². The predicted octanol–water partition coefficient (Wildman–Crippen LogP) is 2.44. The summed E-state index contributed by atoms with van der Waals surface area (Å²) < 4.78 is 50.5. The zero-order valence-corrected chi connectivity index (χ0v) is 11.3. The molecule has 0 atom stereocenters. The standard InChI is InChI=1S/C11H11ClF3NO4/c1-18-8(17)3-7-9(20-11(13,14)15)6(4-12)5-16-10(7)19-2/h5H,3-4H2,1-2H3. The number of alkyl halides is 4. The van der Waals surface area contributed by atoms with Gasteiger partial charge in [0.1, 0.15) is 5.75 Å². The molecular formula is C11H11ClF3NO4. The third kappa shape index (κ3) is 4.16. The predicted molar refractivity (Wildman–Crippen MR) is 62.7 cm³/mol. The van der Waals surface area contributed by atoms with Crippen LogP contribution in [0.15, 0.2) is 6.20 Å². The van der Waals surface area contributed by atoms with E-state index in [0.29, 0.717) is 0 Å². The third-order valence-electron chi connectivity index (χ3n) is 2.27. The number of ether oxygens (including phenoxy) is 3. The Morgan fingerprint density at radius 3 is 2.50 bits per heavy atom. The first kappa shape index (κ1) is 16.4. The summed E-state index contributed by atoms with van der Waals surface area (Å²) in [7, 11) is 2.32. The van der Waals surface area contributed by atoms with E-state index in [0.717, 1.165) is 13.3 Å². The highest BCUT2D eigenvalue weighted by Gasteiger charge is 2.34. The second-order valence-corrected chi connectivity index (χ2v) is 3.80. The number of rotatable bonds is 5. The van der Waals surface area contributed by atoms with Crippen molar-refractivity contribution in [1.29, 1.82) is 0 Å². The molecule has 0 aromatic carbocycles. The van der Waals surface area contributed by atoms with Gasteiger partial charge in [-0.25, -0.2) is 4.98 Å². The number of hydrogen-bond acceptors (Lipinski definition) is 5. The van der Waals surface area contributed by atoms with Crippen LogP contribution in [-0.4, -0.2) is 31.5 Å². The highest BCUT2D eigenvalue weighted by atomic mass is 35.5. The van der Waals surface area contributed by atoms with Crippen LogP contribution in [0.1, 0.15) is 11.1 Å². The molecule has 1 rings (SSSR count). The average molecular weight is 314 g/mol. The number of esters is 1. The summed E-state index contributed by atoms with van der Waals surface area (Å²) in [5, 5.41) is 0. The van der Waals surface area contributed by atoms with Crippen LogP contribution in [0, 0.1) is 0 Å². The second kappa shape index (κ2) is 6.65. The smallest absolute Gasteiger partial charge is 0.481 e. The Labute approximate surface area is 117 Å². The first-order valence-corrected chi connectivity index (χ1v) is 5.79. The lowest BCUT2D eigenvalue weighted by atomic mass is 10.1. The molecule has 5 nitrogen and oxygen atoms in total. The van der Waals surface area contributed by atoms with E-state index in [9.17, 15) is 18.0 Å². The van der Waals surface area contributed by atoms with Crippen molar-refractivity contribution < 1.29 is 32.2 Å². The van der Waals surface area contributed by atoms with Crippen molar-refractivity contribution in [2.75, 3.05) is 14.2 Å². The summed E-state index contributed by atoms with van der Waals surface area (Å²) in [4.78, 5) is 15.1. The Bertz CT molecular complexity index is 493. The monoisotopic (exact) mass is 313 g/mol. The fourth-order valence-corrected chi connectivity index (χ4v) is 1.64. The molecule has 0 aliphatic rings. The molecule has 20 heavy (non-hydrogen) atoms. The quantitative estimate of drug-likeness (QED) is 0.617. The van der Waals surface area contributed by atoms with Crippen molar-refractivity contribution >= 4 is 17.6 Å².